The van der Waals surface area contributed by atoms with Crippen molar-refractivity contribution in [2.24, 2.45) is 0 Å². The third-order valence-electron chi connectivity index (χ3n) is 2.62. The zero-order chi connectivity index (χ0) is 14.7. The maximum Gasteiger partial charge on any atom is 0.293 e. The van der Waals surface area contributed by atoms with Crippen molar-refractivity contribution in [3.05, 3.63) is 50.4 Å². The molecular formula is C12H11BrFN3O3. The van der Waals surface area contributed by atoms with Gasteiger partial charge in [0.1, 0.15) is 17.3 Å². The Balaban J connectivity index is 2.20. The van der Waals surface area contributed by atoms with E-state index in [1.807, 2.05) is 6.92 Å². The molecule has 1 aromatic heterocycles. The number of anilines is 1. The van der Waals surface area contributed by atoms with E-state index in [1.165, 1.54) is 0 Å². The molecule has 6 nitrogen and oxygen atoms in total. The first kappa shape index (κ1) is 14.4. The van der Waals surface area contributed by atoms with Crippen molar-refractivity contribution >= 4 is 27.3 Å². The summed E-state index contributed by atoms with van der Waals surface area (Å²) in [7, 11) is 0. The summed E-state index contributed by atoms with van der Waals surface area (Å²) in [6, 6.07) is 2.18. The van der Waals surface area contributed by atoms with E-state index in [9.17, 15) is 14.5 Å². The van der Waals surface area contributed by atoms with Gasteiger partial charge in [0.2, 0.25) is 5.89 Å². The van der Waals surface area contributed by atoms with Gasteiger partial charge in [-0.3, -0.25) is 10.1 Å². The summed E-state index contributed by atoms with van der Waals surface area (Å²) in [5.41, 5.74) is -0.146. The minimum Gasteiger partial charge on any atom is -0.444 e. The van der Waals surface area contributed by atoms with E-state index in [1.54, 1.807) is 6.20 Å². The van der Waals surface area contributed by atoms with Crippen molar-refractivity contribution in [1.29, 1.82) is 0 Å². The van der Waals surface area contributed by atoms with Crippen molar-refractivity contribution in [3.63, 3.8) is 0 Å². The lowest BCUT2D eigenvalue weighted by Gasteiger charge is -2.06. The molecule has 106 valence electrons. The van der Waals surface area contributed by atoms with Crippen LogP contribution in [0.4, 0.5) is 15.8 Å². The standard InChI is InChI=1S/C12H11BrFN3O3/c1-2-7-5-16-12(20-7)6-15-10-4-9(14)8(13)3-11(10)17(18)19/h3-5,15H,2,6H2,1H3. The molecule has 1 heterocycles. The second kappa shape index (κ2) is 6.00. The number of nitrogens with zero attached hydrogens (tertiary/aromatic N) is 2. The van der Waals surface area contributed by atoms with Crippen LogP contribution in [0.25, 0.3) is 0 Å². The topological polar surface area (TPSA) is 81.2 Å². The highest BCUT2D eigenvalue weighted by Gasteiger charge is 2.17. The molecule has 1 aromatic carbocycles. The number of aromatic nitrogens is 1. The SMILES string of the molecule is CCc1cnc(CNc2cc(F)c(Br)cc2[N+](=O)[O-])o1. The smallest absolute Gasteiger partial charge is 0.293 e. The average molecular weight is 344 g/mol. The van der Waals surface area contributed by atoms with Gasteiger partial charge in [-0.05, 0) is 15.9 Å². The summed E-state index contributed by atoms with van der Waals surface area (Å²) in [6.07, 6.45) is 2.30. The molecule has 0 bridgehead atoms. The Hall–Kier alpha value is -1.96. The second-order valence-corrected chi connectivity index (χ2v) is 4.82. The van der Waals surface area contributed by atoms with Gasteiger partial charge < -0.3 is 9.73 Å². The first-order chi connectivity index (χ1) is 9.51. The lowest BCUT2D eigenvalue weighted by molar-refractivity contribution is -0.384. The first-order valence-electron chi connectivity index (χ1n) is 5.82. The van der Waals surface area contributed by atoms with Crippen LogP contribution < -0.4 is 5.32 Å². The maximum atomic E-state index is 13.5. The highest BCUT2D eigenvalue weighted by molar-refractivity contribution is 9.10. The van der Waals surface area contributed by atoms with Crippen molar-refractivity contribution in [3.8, 4) is 0 Å². The molecule has 0 aliphatic rings. The minimum atomic E-state index is -0.584. The molecule has 0 spiro atoms. The van der Waals surface area contributed by atoms with E-state index in [4.69, 9.17) is 4.42 Å². The van der Waals surface area contributed by atoms with Crippen LogP contribution >= 0.6 is 15.9 Å². The minimum absolute atomic E-state index is 0.0409. The summed E-state index contributed by atoms with van der Waals surface area (Å²) in [4.78, 5) is 14.4. The summed E-state index contributed by atoms with van der Waals surface area (Å²) in [5, 5.41) is 13.7. The van der Waals surface area contributed by atoms with E-state index in [0.29, 0.717) is 12.3 Å². The Morgan fingerprint density at radius 3 is 2.90 bits per heavy atom. The van der Waals surface area contributed by atoms with Crippen molar-refractivity contribution < 1.29 is 13.7 Å². The first-order valence-corrected chi connectivity index (χ1v) is 6.61. The van der Waals surface area contributed by atoms with E-state index >= 15 is 0 Å². The van der Waals surface area contributed by atoms with Gasteiger partial charge >= 0.3 is 0 Å². The molecule has 0 fully saturated rings. The zero-order valence-corrected chi connectivity index (χ0v) is 12.1. The molecule has 0 unspecified atom stereocenters. The number of nitro benzene ring substituents is 1. The number of nitro groups is 1. The number of oxazole rings is 1. The fourth-order valence-electron chi connectivity index (χ4n) is 1.59. The highest BCUT2D eigenvalue weighted by atomic mass is 79.9. The summed E-state index contributed by atoms with van der Waals surface area (Å²) in [6.45, 7) is 2.06. The summed E-state index contributed by atoms with van der Waals surface area (Å²) >= 11 is 2.92. The third kappa shape index (κ3) is 3.13. The van der Waals surface area contributed by atoms with Gasteiger partial charge in [-0.15, -0.1) is 0 Å². The van der Waals surface area contributed by atoms with E-state index in [2.05, 4.69) is 26.2 Å². The van der Waals surface area contributed by atoms with Crippen molar-refractivity contribution in [2.45, 2.75) is 19.9 Å². The van der Waals surface area contributed by atoms with E-state index in [0.717, 1.165) is 17.9 Å². The van der Waals surface area contributed by atoms with Crippen LogP contribution in [0.2, 0.25) is 0 Å². The predicted octanol–water partition coefficient (Wildman–Crippen LogP) is 3.66. The molecule has 2 aromatic rings. The fraction of sp³-hybridized carbons (Fsp3) is 0.250. The lowest BCUT2D eigenvalue weighted by atomic mass is 10.2. The Kier molecular flexibility index (Phi) is 4.33. The second-order valence-electron chi connectivity index (χ2n) is 3.97. The zero-order valence-electron chi connectivity index (χ0n) is 10.5. The van der Waals surface area contributed by atoms with Crippen molar-refractivity contribution in [2.75, 3.05) is 5.32 Å². The largest absolute Gasteiger partial charge is 0.444 e. The number of nitrogens with one attached hydrogen (secondary N) is 1. The van der Waals surface area contributed by atoms with Gasteiger partial charge in [-0.1, -0.05) is 6.92 Å². The van der Waals surface area contributed by atoms with Crippen LogP contribution in [-0.4, -0.2) is 9.91 Å². The molecule has 0 atom stereocenters. The van der Waals surface area contributed by atoms with Gasteiger partial charge in [-0.2, -0.15) is 0 Å². The highest BCUT2D eigenvalue weighted by Crippen LogP contribution is 2.30. The number of halogens is 2. The molecule has 0 aliphatic carbocycles. The molecule has 0 aliphatic heterocycles. The molecular weight excluding hydrogens is 333 g/mol. The fourth-order valence-corrected chi connectivity index (χ4v) is 1.92. The van der Waals surface area contributed by atoms with Crippen LogP contribution in [-0.2, 0) is 13.0 Å². The van der Waals surface area contributed by atoms with E-state index in [-0.39, 0.29) is 22.4 Å². The quantitative estimate of drug-likeness (QED) is 0.661. The maximum absolute atomic E-state index is 13.5. The van der Waals surface area contributed by atoms with Crippen LogP contribution in [0.3, 0.4) is 0 Å². The van der Waals surface area contributed by atoms with Crippen LogP contribution in [0, 0.1) is 15.9 Å². The number of rotatable bonds is 5. The predicted molar refractivity (Wildman–Crippen MR) is 74.0 cm³/mol. The van der Waals surface area contributed by atoms with Gasteiger partial charge in [0.05, 0.1) is 22.1 Å². The summed E-state index contributed by atoms with van der Waals surface area (Å²) in [5.74, 6) is 0.525. The van der Waals surface area contributed by atoms with Gasteiger partial charge in [0.15, 0.2) is 0 Å². The molecule has 0 saturated heterocycles. The third-order valence-corrected chi connectivity index (χ3v) is 3.22. The molecule has 20 heavy (non-hydrogen) atoms. The molecule has 0 saturated carbocycles. The van der Waals surface area contributed by atoms with Crippen molar-refractivity contribution in [1.82, 2.24) is 4.98 Å². The van der Waals surface area contributed by atoms with Gasteiger partial charge in [0.25, 0.3) is 5.69 Å². The number of hydrogen-bond acceptors (Lipinski definition) is 5. The number of hydrogen-bond donors (Lipinski definition) is 1. The average Bonchev–Trinajstić information content (AvgIpc) is 2.87. The lowest BCUT2D eigenvalue weighted by Crippen LogP contribution is -2.03. The van der Waals surface area contributed by atoms with E-state index < -0.39 is 10.7 Å². The van der Waals surface area contributed by atoms with Gasteiger partial charge in [-0.25, -0.2) is 9.37 Å². The Morgan fingerprint density at radius 2 is 2.30 bits per heavy atom. The normalized spacial score (nSPS) is 10.6. The Bertz CT molecular complexity index is 645. The van der Waals surface area contributed by atoms with Crippen LogP contribution in [0.15, 0.2) is 27.2 Å². The Labute approximate surface area is 122 Å². The molecule has 8 heteroatoms. The van der Waals surface area contributed by atoms with Crippen LogP contribution in [0.5, 0.6) is 0 Å². The molecule has 1 N–H and O–H groups in total. The monoisotopic (exact) mass is 343 g/mol. The molecule has 0 amide bonds. The molecule has 2 rings (SSSR count). The van der Waals surface area contributed by atoms with Crippen LogP contribution in [0.1, 0.15) is 18.6 Å². The number of benzene rings is 1. The summed E-state index contributed by atoms with van der Waals surface area (Å²) < 4.78 is 18.9. The Morgan fingerprint density at radius 1 is 1.55 bits per heavy atom. The number of aryl methyl sites for hydroxylation is 1. The van der Waals surface area contributed by atoms with Gasteiger partial charge in [0, 0.05) is 18.6 Å². The molecule has 0 radical (unpaired) electrons.